The first-order valence-corrected chi connectivity index (χ1v) is 11.6. The zero-order valence-corrected chi connectivity index (χ0v) is 16.5. The van der Waals surface area contributed by atoms with Crippen molar-refractivity contribution in [3.63, 3.8) is 0 Å². The normalized spacial score (nSPS) is 22.9. The van der Waals surface area contributed by atoms with Crippen LogP contribution in [0, 0.1) is 5.41 Å². The van der Waals surface area contributed by atoms with Crippen molar-refractivity contribution < 1.29 is 13.2 Å². The average molecular weight is 386 g/mol. The van der Waals surface area contributed by atoms with Crippen LogP contribution >= 0.6 is 11.3 Å². The van der Waals surface area contributed by atoms with Gasteiger partial charge in [0.25, 0.3) is 0 Å². The van der Waals surface area contributed by atoms with Gasteiger partial charge in [-0.05, 0) is 60.2 Å². The van der Waals surface area contributed by atoms with E-state index in [1.165, 1.54) is 11.8 Å². The van der Waals surface area contributed by atoms with Crippen molar-refractivity contribution in [3.8, 4) is 0 Å². The molecule has 140 valence electrons. The molecule has 0 radical (unpaired) electrons. The molecule has 1 atom stereocenters. The lowest BCUT2D eigenvalue weighted by Gasteiger charge is -2.34. The molecule has 25 heavy (non-hydrogen) atoms. The quantitative estimate of drug-likeness (QED) is 0.772. The van der Waals surface area contributed by atoms with Crippen LogP contribution in [0.15, 0.2) is 16.8 Å². The number of hydrogen-bond donors (Lipinski definition) is 1. The molecule has 1 aliphatic heterocycles. The predicted octanol–water partition coefficient (Wildman–Crippen LogP) is 1.50. The molecule has 6 nitrogen and oxygen atoms in total. The molecular formula is C17H27N3O3S2. The fourth-order valence-electron chi connectivity index (χ4n) is 3.94. The Bertz CT molecular complexity index is 695. The second-order valence-corrected chi connectivity index (χ2v) is 9.98. The molecule has 0 bridgehead atoms. The van der Waals surface area contributed by atoms with Crippen molar-refractivity contribution in [3.05, 3.63) is 22.4 Å². The smallest absolute Gasteiger partial charge is 0.220 e. The summed E-state index contributed by atoms with van der Waals surface area (Å²) in [6.45, 7) is 5.56. The van der Waals surface area contributed by atoms with E-state index in [0.717, 1.165) is 38.9 Å². The summed E-state index contributed by atoms with van der Waals surface area (Å²) in [6.07, 6.45) is 4.47. The van der Waals surface area contributed by atoms with Crippen molar-refractivity contribution >= 4 is 27.3 Å². The van der Waals surface area contributed by atoms with E-state index >= 15 is 0 Å². The summed E-state index contributed by atoms with van der Waals surface area (Å²) in [7, 11) is -3.11. The Labute approximate surface area is 154 Å². The summed E-state index contributed by atoms with van der Waals surface area (Å²) in [4.78, 5) is 16.5. The molecule has 1 N–H and O–H groups in total. The zero-order chi connectivity index (χ0) is 18.1. The van der Waals surface area contributed by atoms with Crippen LogP contribution in [0.2, 0.25) is 0 Å². The number of amides is 1. The fourth-order valence-corrected chi connectivity index (χ4v) is 5.06. The lowest BCUT2D eigenvalue weighted by atomic mass is 9.92. The van der Waals surface area contributed by atoms with Gasteiger partial charge in [0.2, 0.25) is 15.9 Å². The van der Waals surface area contributed by atoms with Gasteiger partial charge in [-0.2, -0.15) is 11.3 Å². The Kier molecular flexibility index (Phi) is 5.53. The highest BCUT2D eigenvalue weighted by Gasteiger charge is 2.58. The maximum atomic E-state index is 12.1. The Morgan fingerprint density at radius 3 is 2.72 bits per heavy atom. The topological polar surface area (TPSA) is 69.7 Å². The number of hydrogen-bond acceptors (Lipinski definition) is 5. The molecule has 1 aromatic heterocycles. The summed E-state index contributed by atoms with van der Waals surface area (Å²) in [5.74, 6) is 0.160. The minimum atomic E-state index is -3.11. The van der Waals surface area contributed by atoms with Gasteiger partial charge >= 0.3 is 0 Å². The second-order valence-electron chi connectivity index (χ2n) is 7.37. The van der Waals surface area contributed by atoms with E-state index in [9.17, 15) is 13.2 Å². The second kappa shape index (κ2) is 7.34. The highest BCUT2D eigenvalue weighted by Crippen LogP contribution is 2.56. The third kappa shape index (κ3) is 4.81. The number of likely N-dealkylation sites (tertiary alicyclic amines) is 1. The van der Waals surface area contributed by atoms with Crippen LogP contribution in [-0.2, 0) is 21.4 Å². The number of thiophene rings is 1. The SMILES string of the molecule is CC(=O)N(Cc1ccsc1)[C@H]1CC12CCN(CCNS(C)(=O)=O)CC2. The van der Waals surface area contributed by atoms with Crippen molar-refractivity contribution in [2.75, 3.05) is 32.4 Å². The zero-order valence-electron chi connectivity index (χ0n) is 14.9. The van der Waals surface area contributed by atoms with Gasteiger partial charge in [0.15, 0.2) is 0 Å². The van der Waals surface area contributed by atoms with E-state index in [2.05, 4.69) is 26.4 Å². The van der Waals surface area contributed by atoms with Crippen molar-refractivity contribution in [1.82, 2.24) is 14.5 Å². The van der Waals surface area contributed by atoms with Crippen LogP contribution in [0.5, 0.6) is 0 Å². The van der Waals surface area contributed by atoms with Crippen molar-refractivity contribution in [2.24, 2.45) is 5.41 Å². The van der Waals surface area contributed by atoms with Crippen LogP contribution in [-0.4, -0.2) is 62.6 Å². The first-order chi connectivity index (χ1) is 11.8. The van der Waals surface area contributed by atoms with Gasteiger partial charge in [-0.1, -0.05) is 0 Å². The molecule has 2 aliphatic rings. The first-order valence-electron chi connectivity index (χ1n) is 8.74. The standard InChI is InChI=1S/C17H27N3O3S2/c1-14(21)20(12-15-3-10-24-13-15)16-11-17(16)4-7-19(8-5-17)9-6-18-25(2,22)23/h3,10,13,16,18H,4-9,11-12H2,1-2H3/t16-/m0/s1. The monoisotopic (exact) mass is 385 g/mol. The molecule has 1 saturated heterocycles. The highest BCUT2D eigenvalue weighted by atomic mass is 32.2. The van der Waals surface area contributed by atoms with E-state index in [-0.39, 0.29) is 11.3 Å². The Morgan fingerprint density at radius 2 is 2.16 bits per heavy atom. The van der Waals surface area contributed by atoms with Gasteiger partial charge in [-0.25, -0.2) is 13.1 Å². The lowest BCUT2D eigenvalue weighted by Crippen LogP contribution is -2.42. The minimum Gasteiger partial charge on any atom is -0.335 e. The number of sulfonamides is 1. The Balaban J connectivity index is 1.49. The maximum Gasteiger partial charge on any atom is 0.220 e. The van der Waals surface area contributed by atoms with Crippen LogP contribution in [0.3, 0.4) is 0 Å². The number of nitrogens with zero attached hydrogens (tertiary/aromatic N) is 2. The van der Waals surface area contributed by atoms with Gasteiger partial charge in [0, 0.05) is 32.6 Å². The number of piperidine rings is 1. The third-order valence-corrected chi connectivity index (χ3v) is 6.97. The Hall–Kier alpha value is -0.960. The van der Waals surface area contributed by atoms with Crippen LogP contribution in [0.1, 0.15) is 31.7 Å². The summed E-state index contributed by atoms with van der Waals surface area (Å²) >= 11 is 1.67. The summed E-state index contributed by atoms with van der Waals surface area (Å²) in [5.41, 5.74) is 1.49. The number of rotatable bonds is 7. The lowest BCUT2D eigenvalue weighted by molar-refractivity contribution is -0.130. The molecule has 1 aliphatic carbocycles. The van der Waals surface area contributed by atoms with Crippen molar-refractivity contribution in [2.45, 2.75) is 38.8 Å². The van der Waals surface area contributed by atoms with Gasteiger partial charge in [0.05, 0.1) is 6.26 Å². The molecular weight excluding hydrogens is 358 g/mol. The van der Waals surface area contributed by atoms with Gasteiger partial charge in [-0.3, -0.25) is 4.79 Å². The molecule has 3 rings (SSSR count). The Morgan fingerprint density at radius 1 is 1.44 bits per heavy atom. The molecule has 1 saturated carbocycles. The minimum absolute atomic E-state index is 0.160. The van der Waals surface area contributed by atoms with Gasteiger partial charge < -0.3 is 9.80 Å². The summed E-state index contributed by atoms with van der Waals surface area (Å²) in [6, 6.07) is 2.45. The molecule has 1 amide bonds. The van der Waals surface area contributed by atoms with Crippen molar-refractivity contribution in [1.29, 1.82) is 0 Å². The molecule has 0 aromatic carbocycles. The number of nitrogens with one attached hydrogen (secondary N) is 1. The van der Waals surface area contributed by atoms with Gasteiger partial charge in [-0.15, -0.1) is 0 Å². The maximum absolute atomic E-state index is 12.1. The van der Waals surface area contributed by atoms with E-state index < -0.39 is 10.0 Å². The summed E-state index contributed by atoms with van der Waals surface area (Å²) in [5, 5.41) is 4.17. The fraction of sp³-hybridized carbons (Fsp3) is 0.706. The molecule has 1 aromatic rings. The van der Waals surface area contributed by atoms with E-state index in [1.807, 2.05) is 4.90 Å². The van der Waals surface area contributed by atoms with E-state index in [4.69, 9.17) is 0 Å². The van der Waals surface area contributed by atoms with Gasteiger partial charge in [0.1, 0.15) is 0 Å². The highest BCUT2D eigenvalue weighted by molar-refractivity contribution is 7.88. The number of carbonyl (C=O) groups is 1. The molecule has 2 heterocycles. The molecule has 8 heteroatoms. The van der Waals surface area contributed by atoms with Crippen LogP contribution < -0.4 is 4.72 Å². The van der Waals surface area contributed by atoms with E-state index in [0.29, 0.717) is 19.1 Å². The molecule has 2 fully saturated rings. The van der Waals surface area contributed by atoms with Crippen LogP contribution in [0.4, 0.5) is 0 Å². The van der Waals surface area contributed by atoms with E-state index in [1.54, 1.807) is 18.3 Å². The average Bonchev–Trinajstić information content (AvgIpc) is 2.96. The molecule has 0 unspecified atom stereocenters. The largest absolute Gasteiger partial charge is 0.335 e. The predicted molar refractivity (Wildman–Crippen MR) is 99.9 cm³/mol. The summed E-state index contributed by atoms with van der Waals surface area (Å²) < 4.78 is 24.8. The van der Waals surface area contributed by atoms with Crippen LogP contribution in [0.25, 0.3) is 0 Å². The number of carbonyl (C=O) groups excluding carboxylic acids is 1. The third-order valence-electron chi connectivity index (χ3n) is 5.50. The first kappa shape index (κ1) is 18.8. The molecule has 1 spiro atoms.